The van der Waals surface area contributed by atoms with E-state index in [0.29, 0.717) is 18.7 Å². The molecule has 26 heavy (non-hydrogen) atoms. The van der Waals surface area contributed by atoms with Gasteiger partial charge in [-0.3, -0.25) is 9.20 Å². The van der Waals surface area contributed by atoms with Gasteiger partial charge in [-0.25, -0.2) is 13.4 Å². The van der Waals surface area contributed by atoms with E-state index in [-0.39, 0.29) is 17.3 Å². The normalized spacial score (nSPS) is 12.0. The molecule has 3 aromatic rings. The number of sulfonamides is 1. The fraction of sp³-hybridized carbons (Fsp3) is 0.294. The van der Waals surface area contributed by atoms with Crippen molar-refractivity contribution in [3.63, 3.8) is 0 Å². The molecule has 1 N–H and O–H groups in total. The molecule has 0 radical (unpaired) electrons. The third kappa shape index (κ3) is 3.64. The number of nitrogens with one attached hydrogen (secondary N) is 1. The Morgan fingerprint density at radius 1 is 1.31 bits per heavy atom. The van der Waals surface area contributed by atoms with Gasteiger partial charge in [-0.2, -0.15) is 4.31 Å². The van der Waals surface area contributed by atoms with Gasteiger partial charge in [0.25, 0.3) is 5.91 Å². The van der Waals surface area contributed by atoms with Crippen LogP contribution in [0.1, 0.15) is 29.9 Å². The summed E-state index contributed by atoms with van der Waals surface area (Å²) in [6.45, 7) is 4.61. The van der Waals surface area contributed by atoms with Gasteiger partial charge in [0.1, 0.15) is 0 Å². The lowest BCUT2D eigenvalue weighted by Gasteiger charge is -2.18. The molecular weight excluding hydrogens is 372 g/mol. The molecule has 1 amide bonds. The minimum atomic E-state index is -3.60. The van der Waals surface area contributed by atoms with E-state index in [4.69, 9.17) is 0 Å². The number of hydrogen-bond donors (Lipinski definition) is 1. The SMILES string of the molecule is CCN(CC)S(=O)(=O)c1cccc(C(=O)NCc2cn3ccsc3n2)c1. The fourth-order valence-corrected chi connectivity index (χ4v) is 4.87. The molecule has 9 heteroatoms. The first kappa shape index (κ1) is 18.6. The van der Waals surface area contributed by atoms with Crippen LogP contribution in [0.4, 0.5) is 0 Å². The number of hydrogen-bond acceptors (Lipinski definition) is 5. The molecule has 0 atom stereocenters. The van der Waals surface area contributed by atoms with Crippen LogP contribution in [0.25, 0.3) is 4.96 Å². The second-order valence-corrected chi connectivity index (χ2v) is 8.44. The van der Waals surface area contributed by atoms with Crippen LogP contribution in [0, 0.1) is 0 Å². The first-order valence-electron chi connectivity index (χ1n) is 8.25. The molecule has 0 unspecified atom stereocenters. The van der Waals surface area contributed by atoms with E-state index < -0.39 is 10.0 Å². The van der Waals surface area contributed by atoms with Crippen molar-refractivity contribution in [2.24, 2.45) is 0 Å². The van der Waals surface area contributed by atoms with Crippen molar-refractivity contribution in [2.45, 2.75) is 25.3 Å². The van der Waals surface area contributed by atoms with Crippen molar-refractivity contribution >= 4 is 32.2 Å². The van der Waals surface area contributed by atoms with Crippen molar-refractivity contribution in [2.75, 3.05) is 13.1 Å². The van der Waals surface area contributed by atoms with Crippen LogP contribution >= 0.6 is 11.3 Å². The molecular formula is C17H20N4O3S2. The maximum atomic E-state index is 12.6. The van der Waals surface area contributed by atoms with Crippen molar-refractivity contribution in [3.05, 3.63) is 53.3 Å². The highest BCUT2D eigenvalue weighted by Crippen LogP contribution is 2.17. The molecule has 0 spiro atoms. The summed E-state index contributed by atoms with van der Waals surface area (Å²) >= 11 is 1.52. The van der Waals surface area contributed by atoms with Gasteiger partial charge in [0.05, 0.1) is 17.1 Å². The van der Waals surface area contributed by atoms with E-state index in [1.165, 1.54) is 27.8 Å². The number of nitrogens with zero attached hydrogens (tertiary/aromatic N) is 3. The molecule has 2 heterocycles. The van der Waals surface area contributed by atoms with Gasteiger partial charge in [0.2, 0.25) is 10.0 Å². The number of thiazole rings is 1. The molecule has 1 aromatic carbocycles. The van der Waals surface area contributed by atoms with Crippen LogP contribution in [0.2, 0.25) is 0 Å². The summed E-state index contributed by atoms with van der Waals surface area (Å²) in [5.74, 6) is -0.335. The highest BCUT2D eigenvalue weighted by molar-refractivity contribution is 7.89. The zero-order valence-corrected chi connectivity index (χ0v) is 16.2. The van der Waals surface area contributed by atoms with E-state index in [1.807, 2.05) is 22.2 Å². The van der Waals surface area contributed by atoms with Crippen LogP contribution in [0.3, 0.4) is 0 Å². The average Bonchev–Trinajstić information content (AvgIpc) is 3.22. The minimum absolute atomic E-state index is 0.122. The predicted octanol–water partition coefficient (Wildman–Crippen LogP) is 2.36. The minimum Gasteiger partial charge on any atom is -0.346 e. The van der Waals surface area contributed by atoms with Crippen molar-refractivity contribution in [3.8, 4) is 0 Å². The lowest BCUT2D eigenvalue weighted by atomic mass is 10.2. The van der Waals surface area contributed by atoms with Crippen LogP contribution in [0.15, 0.2) is 46.9 Å². The second-order valence-electron chi connectivity index (χ2n) is 5.62. The second kappa shape index (κ2) is 7.56. The summed E-state index contributed by atoms with van der Waals surface area (Å²) < 4.78 is 28.5. The smallest absolute Gasteiger partial charge is 0.251 e. The van der Waals surface area contributed by atoms with Gasteiger partial charge in [-0.05, 0) is 18.2 Å². The topological polar surface area (TPSA) is 83.8 Å². The molecule has 0 aliphatic heterocycles. The number of amides is 1. The summed E-state index contributed by atoms with van der Waals surface area (Å²) in [4.78, 5) is 17.8. The Balaban J connectivity index is 1.74. The van der Waals surface area contributed by atoms with E-state index in [0.717, 1.165) is 10.7 Å². The van der Waals surface area contributed by atoms with E-state index >= 15 is 0 Å². The Labute approximate surface area is 156 Å². The lowest BCUT2D eigenvalue weighted by Crippen LogP contribution is -2.31. The number of carbonyl (C=O) groups excluding carboxylic acids is 1. The molecule has 0 bridgehead atoms. The van der Waals surface area contributed by atoms with E-state index in [9.17, 15) is 13.2 Å². The van der Waals surface area contributed by atoms with Gasteiger partial charge in [0.15, 0.2) is 4.96 Å². The van der Waals surface area contributed by atoms with Gasteiger partial charge in [-0.1, -0.05) is 19.9 Å². The highest BCUT2D eigenvalue weighted by atomic mass is 32.2. The van der Waals surface area contributed by atoms with Crippen molar-refractivity contribution in [1.29, 1.82) is 0 Å². The zero-order chi connectivity index (χ0) is 18.7. The molecule has 0 aliphatic rings. The number of imidazole rings is 1. The number of fused-ring (bicyclic) bond motifs is 1. The first-order valence-corrected chi connectivity index (χ1v) is 10.6. The van der Waals surface area contributed by atoms with Crippen molar-refractivity contribution in [1.82, 2.24) is 19.0 Å². The number of benzene rings is 1. The number of carbonyl (C=O) groups is 1. The van der Waals surface area contributed by atoms with E-state index in [2.05, 4.69) is 10.3 Å². The molecule has 0 saturated heterocycles. The quantitative estimate of drug-likeness (QED) is 0.669. The third-order valence-electron chi connectivity index (χ3n) is 4.01. The maximum Gasteiger partial charge on any atom is 0.251 e. The van der Waals surface area contributed by atoms with E-state index in [1.54, 1.807) is 26.0 Å². The summed E-state index contributed by atoms with van der Waals surface area (Å²) in [5, 5.41) is 4.72. The largest absolute Gasteiger partial charge is 0.346 e. The Bertz CT molecular complexity index is 991. The molecule has 138 valence electrons. The summed E-state index contributed by atoms with van der Waals surface area (Å²) in [5.41, 5.74) is 1.05. The van der Waals surface area contributed by atoms with Crippen LogP contribution in [0.5, 0.6) is 0 Å². The molecule has 3 rings (SSSR count). The average molecular weight is 393 g/mol. The molecule has 7 nitrogen and oxygen atoms in total. The predicted molar refractivity (Wildman–Crippen MR) is 101 cm³/mol. The zero-order valence-electron chi connectivity index (χ0n) is 14.5. The van der Waals surface area contributed by atoms with Crippen LogP contribution < -0.4 is 5.32 Å². The summed E-state index contributed by atoms with van der Waals surface area (Å²) in [7, 11) is -3.60. The molecule has 2 aromatic heterocycles. The first-order chi connectivity index (χ1) is 12.5. The third-order valence-corrected chi connectivity index (χ3v) is 6.83. The Morgan fingerprint density at radius 3 is 2.77 bits per heavy atom. The maximum absolute atomic E-state index is 12.6. The van der Waals surface area contributed by atoms with Crippen molar-refractivity contribution < 1.29 is 13.2 Å². The monoisotopic (exact) mass is 392 g/mol. The van der Waals surface area contributed by atoms with Gasteiger partial charge in [-0.15, -0.1) is 11.3 Å². The fourth-order valence-electron chi connectivity index (χ4n) is 2.64. The standard InChI is InChI=1S/C17H20N4O3S2/c1-3-21(4-2)26(23,24)15-7-5-6-13(10-15)16(22)18-11-14-12-20-8-9-25-17(20)19-14/h5-10,12H,3-4,11H2,1-2H3,(H,18,22). The Hall–Kier alpha value is -2.23. The number of aromatic nitrogens is 2. The molecule has 0 aliphatic carbocycles. The van der Waals surface area contributed by atoms with Gasteiger partial charge in [0, 0.05) is 36.4 Å². The molecule has 0 fully saturated rings. The summed E-state index contributed by atoms with van der Waals surface area (Å²) in [6.07, 6.45) is 3.76. The van der Waals surface area contributed by atoms with Crippen LogP contribution in [-0.2, 0) is 16.6 Å². The van der Waals surface area contributed by atoms with Gasteiger partial charge < -0.3 is 5.32 Å². The number of rotatable bonds is 7. The van der Waals surface area contributed by atoms with Crippen LogP contribution in [-0.4, -0.2) is 41.1 Å². The highest BCUT2D eigenvalue weighted by Gasteiger charge is 2.22. The summed E-state index contributed by atoms with van der Waals surface area (Å²) in [6, 6.07) is 6.10. The molecule has 0 saturated carbocycles. The Morgan fingerprint density at radius 2 is 2.08 bits per heavy atom. The Kier molecular flexibility index (Phi) is 5.40. The lowest BCUT2D eigenvalue weighted by molar-refractivity contribution is 0.0950. The van der Waals surface area contributed by atoms with Gasteiger partial charge >= 0.3 is 0 Å².